The zero-order valence-electron chi connectivity index (χ0n) is 15.3. The van der Waals surface area contributed by atoms with Crippen molar-refractivity contribution in [2.75, 3.05) is 45.9 Å². The van der Waals surface area contributed by atoms with E-state index in [0.717, 1.165) is 5.56 Å². The maximum Gasteiger partial charge on any atom is 0.290 e. The van der Waals surface area contributed by atoms with Crippen LogP contribution in [0.5, 0.6) is 0 Å². The van der Waals surface area contributed by atoms with Crippen LogP contribution in [0.25, 0.3) is 0 Å². The van der Waals surface area contributed by atoms with E-state index in [0.29, 0.717) is 31.3 Å². The molecule has 3 rings (SSSR count). The molecule has 3 N–H and O–H groups in total. The van der Waals surface area contributed by atoms with E-state index in [2.05, 4.69) is 5.32 Å². The summed E-state index contributed by atoms with van der Waals surface area (Å²) in [5, 5.41) is 19.9. The molecule has 154 valence electrons. The van der Waals surface area contributed by atoms with Gasteiger partial charge < -0.3 is 25.2 Å². The van der Waals surface area contributed by atoms with Gasteiger partial charge in [-0.3, -0.25) is 19.3 Å². The summed E-state index contributed by atoms with van der Waals surface area (Å²) in [4.78, 5) is 36.3. The number of piperazine rings is 1. The minimum Gasteiger partial charge on any atom is -0.483 e. The number of morpholine rings is 1. The first kappa shape index (κ1) is 22.1. The van der Waals surface area contributed by atoms with E-state index < -0.39 is 12.1 Å². The molecule has 1 aromatic carbocycles. The van der Waals surface area contributed by atoms with Crippen LogP contribution in [0, 0.1) is 0 Å². The molecule has 0 spiro atoms. The molecule has 1 aromatic rings. The van der Waals surface area contributed by atoms with Crippen molar-refractivity contribution in [3.8, 4) is 0 Å². The van der Waals surface area contributed by atoms with E-state index in [1.54, 1.807) is 11.0 Å². The summed E-state index contributed by atoms with van der Waals surface area (Å²) in [6.45, 7) is 1.89. The van der Waals surface area contributed by atoms with Crippen molar-refractivity contribution in [1.29, 1.82) is 0 Å². The summed E-state index contributed by atoms with van der Waals surface area (Å²) in [6, 6.07) is 6.83. The number of amides is 2. The van der Waals surface area contributed by atoms with Crippen LogP contribution < -0.4 is 5.32 Å². The minimum absolute atomic E-state index is 0.0723. The van der Waals surface area contributed by atoms with Crippen LogP contribution in [0.2, 0.25) is 5.02 Å². The Morgan fingerprint density at radius 2 is 2.07 bits per heavy atom. The first-order valence-electron chi connectivity index (χ1n) is 8.85. The van der Waals surface area contributed by atoms with Crippen molar-refractivity contribution in [3.05, 3.63) is 34.9 Å². The van der Waals surface area contributed by atoms with Gasteiger partial charge in [-0.2, -0.15) is 0 Å². The Morgan fingerprint density at radius 3 is 2.71 bits per heavy atom. The molecule has 0 bridgehead atoms. The Morgan fingerprint density at radius 1 is 1.36 bits per heavy atom. The molecule has 2 fully saturated rings. The zero-order valence-corrected chi connectivity index (χ0v) is 16.0. The predicted octanol–water partition coefficient (Wildman–Crippen LogP) is -0.267. The summed E-state index contributed by atoms with van der Waals surface area (Å²) < 4.78 is 5.66. The number of aliphatic hydroxyl groups is 1. The lowest BCUT2D eigenvalue weighted by molar-refractivity contribution is -0.151. The highest BCUT2D eigenvalue weighted by Crippen LogP contribution is 2.34. The average Bonchev–Trinajstić information content (AvgIpc) is 2.68. The lowest BCUT2D eigenvalue weighted by Gasteiger charge is -2.42. The van der Waals surface area contributed by atoms with E-state index in [1.807, 2.05) is 23.1 Å². The Balaban J connectivity index is 0.000000878. The number of aliphatic hydroxyl groups excluding tert-OH is 1. The summed E-state index contributed by atoms with van der Waals surface area (Å²) in [7, 11) is 0. The van der Waals surface area contributed by atoms with Gasteiger partial charge in [0, 0.05) is 24.7 Å². The third-order valence-electron chi connectivity index (χ3n) is 4.55. The number of hydrogen-bond acceptors (Lipinski definition) is 6. The molecule has 0 radical (unpaired) electrons. The number of ether oxygens (including phenoxy) is 1. The second-order valence-corrected chi connectivity index (χ2v) is 6.72. The molecule has 10 heteroatoms. The molecule has 2 aliphatic rings. The Kier molecular flexibility index (Phi) is 8.65. The van der Waals surface area contributed by atoms with Crippen LogP contribution in [0.1, 0.15) is 11.6 Å². The van der Waals surface area contributed by atoms with Gasteiger partial charge in [0.25, 0.3) is 6.47 Å². The van der Waals surface area contributed by atoms with Gasteiger partial charge in [-0.15, -0.1) is 0 Å². The first-order valence-corrected chi connectivity index (χ1v) is 9.22. The van der Waals surface area contributed by atoms with Gasteiger partial charge in [0.15, 0.2) is 0 Å². The molecule has 2 atom stereocenters. The zero-order chi connectivity index (χ0) is 20.5. The topological polar surface area (TPSA) is 119 Å². The molecule has 0 unspecified atom stereocenters. The molecule has 28 heavy (non-hydrogen) atoms. The van der Waals surface area contributed by atoms with Crippen molar-refractivity contribution in [2.45, 2.75) is 12.1 Å². The Bertz CT molecular complexity index is 689. The molecule has 9 nitrogen and oxygen atoms in total. The lowest BCUT2D eigenvalue weighted by atomic mass is 9.98. The average molecular weight is 414 g/mol. The molecule has 2 amide bonds. The third-order valence-corrected chi connectivity index (χ3v) is 4.90. The summed E-state index contributed by atoms with van der Waals surface area (Å²) in [5.41, 5.74) is 0.757. The molecule has 2 aliphatic heterocycles. The van der Waals surface area contributed by atoms with Crippen molar-refractivity contribution < 1.29 is 29.3 Å². The first-order chi connectivity index (χ1) is 13.5. The monoisotopic (exact) mass is 413 g/mol. The molecule has 2 heterocycles. The number of carbonyl (C=O) groups is 3. The van der Waals surface area contributed by atoms with Crippen molar-refractivity contribution >= 4 is 29.9 Å². The van der Waals surface area contributed by atoms with Crippen LogP contribution in [-0.4, -0.2) is 90.3 Å². The lowest BCUT2D eigenvalue weighted by Crippen LogP contribution is -2.55. The molecular weight excluding hydrogens is 390 g/mol. The van der Waals surface area contributed by atoms with Crippen molar-refractivity contribution in [2.24, 2.45) is 0 Å². The second kappa shape index (κ2) is 11.0. The number of benzene rings is 1. The number of nitrogens with one attached hydrogen (secondary N) is 1. The largest absolute Gasteiger partial charge is 0.483 e. The minimum atomic E-state index is -0.526. The molecule has 2 saturated heterocycles. The number of carboxylic acid groups (broad SMARTS) is 1. The van der Waals surface area contributed by atoms with Crippen LogP contribution >= 0.6 is 11.6 Å². The maximum atomic E-state index is 12.9. The second-order valence-electron chi connectivity index (χ2n) is 6.31. The van der Waals surface area contributed by atoms with Crippen LogP contribution in [0.3, 0.4) is 0 Å². The number of halogens is 1. The fraction of sp³-hybridized carbons (Fsp3) is 0.500. The van der Waals surface area contributed by atoms with Gasteiger partial charge in [-0.05, 0) is 11.6 Å². The van der Waals surface area contributed by atoms with E-state index in [1.165, 1.54) is 0 Å². The van der Waals surface area contributed by atoms with Crippen molar-refractivity contribution in [3.63, 3.8) is 0 Å². The SMILES string of the molecule is O=C1CN(CC(=O)N2CCO[C@@H](CO)[C@@H]2c2ccccc2Cl)CCN1.O=CO. The molecule has 0 saturated carbocycles. The van der Waals surface area contributed by atoms with Crippen LogP contribution in [0.15, 0.2) is 24.3 Å². The smallest absolute Gasteiger partial charge is 0.290 e. The van der Waals surface area contributed by atoms with Gasteiger partial charge in [0.1, 0.15) is 6.10 Å². The predicted molar refractivity (Wildman–Crippen MR) is 101 cm³/mol. The fourth-order valence-corrected chi connectivity index (χ4v) is 3.60. The highest BCUT2D eigenvalue weighted by atomic mass is 35.5. The maximum absolute atomic E-state index is 12.9. The Hall–Kier alpha value is -2.20. The van der Waals surface area contributed by atoms with Crippen LogP contribution in [0.4, 0.5) is 0 Å². The number of carbonyl (C=O) groups excluding carboxylic acids is 2. The van der Waals surface area contributed by atoms with E-state index >= 15 is 0 Å². The quantitative estimate of drug-likeness (QED) is 0.581. The molecule has 0 aliphatic carbocycles. The van der Waals surface area contributed by atoms with E-state index in [9.17, 15) is 14.7 Å². The van der Waals surface area contributed by atoms with E-state index in [-0.39, 0.29) is 38.0 Å². The van der Waals surface area contributed by atoms with Gasteiger partial charge in [-0.25, -0.2) is 0 Å². The number of rotatable bonds is 4. The Labute approximate surface area is 167 Å². The summed E-state index contributed by atoms with van der Waals surface area (Å²) >= 11 is 6.32. The normalized spacial score (nSPS) is 22.6. The fourth-order valence-electron chi connectivity index (χ4n) is 3.36. The summed E-state index contributed by atoms with van der Waals surface area (Å²) in [5.74, 6) is -0.168. The van der Waals surface area contributed by atoms with Gasteiger partial charge >= 0.3 is 0 Å². The number of nitrogens with zero attached hydrogens (tertiary/aromatic N) is 2. The highest BCUT2D eigenvalue weighted by molar-refractivity contribution is 6.31. The van der Waals surface area contributed by atoms with Gasteiger partial charge in [0.05, 0.1) is 32.3 Å². The summed E-state index contributed by atoms with van der Waals surface area (Å²) in [6.07, 6.45) is -0.526. The highest BCUT2D eigenvalue weighted by Gasteiger charge is 2.37. The van der Waals surface area contributed by atoms with Crippen LogP contribution in [-0.2, 0) is 19.1 Å². The number of hydrogen-bond donors (Lipinski definition) is 3. The molecular formula is C18H24ClN3O6. The van der Waals surface area contributed by atoms with Crippen molar-refractivity contribution in [1.82, 2.24) is 15.1 Å². The van der Waals surface area contributed by atoms with E-state index in [4.69, 9.17) is 26.2 Å². The standard InChI is InChI=1S/C17H22ClN3O4.CH2O2/c18-13-4-2-1-3-12(13)17-14(11-22)25-8-7-21(17)16(24)10-20-6-5-19-15(23)9-20;2-1-3/h1-4,14,17,22H,5-11H2,(H,19,23);1H,(H,2,3)/t14-,17-;/m0./s1. The third kappa shape index (κ3) is 5.65. The molecule has 0 aromatic heterocycles. The van der Waals surface area contributed by atoms with Gasteiger partial charge in [0.2, 0.25) is 11.8 Å². The van der Waals surface area contributed by atoms with Gasteiger partial charge in [-0.1, -0.05) is 29.8 Å².